The Hall–Kier alpha value is -3.14. The number of aromatic nitrogens is 4. The summed E-state index contributed by atoms with van der Waals surface area (Å²) in [5, 5.41) is 16.6. The number of pyridine rings is 1. The van der Waals surface area contributed by atoms with Crippen LogP contribution in [0.5, 0.6) is 0 Å². The molecule has 0 aliphatic rings. The number of nitrogens with one attached hydrogen (secondary N) is 1. The SMILES string of the molecule is Cc1cc(Nc2cccc(-c3nc(CC#N)co3)n2)n(C(C)(C)C)n1. The zero-order valence-corrected chi connectivity index (χ0v) is 14.7. The molecule has 0 radical (unpaired) electrons. The molecular weight excluding hydrogens is 316 g/mol. The Morgan fingerprint density at radius 1 is 1.28 bits per heavy atom. The molecule has 0 unspecified atom stereocenters. The van der Waals surface area contributed by atoms with Crippen LogP contribution in [-0.4, -0.2) is 19.7 Å². The van der Waals surface area contributed by atoms with Gasteiger partial charge in [0.1, 0.15) is 23.6 Å². The van der Waals surface area contributed by atoms with E-state index in [2.05, 4.69) is 47.2 Å². The van der Waals surface area contributed by atoms with Gasteiger partial charge in [-0.05, 0) is 39.8 Å². The Morgan fingerprint density at radius 3 is 2.80 bits per heavy atom. The average Bonchev–Trinajstić information content (AvgIpc) is 3.14. The number of hydrogen-bond acceptors (Lipinski definition) is 6. The number of hydrogen-bond donors (Lipinski definition) is 1. The van der Waals surface area contributed by atoms with Gasteiger partial charge in [-0.2, -0.15) is 10.4 Å². The summed E-state index contributed by atoms with van der Waals surface area (Å²) in [6.07, 6.45) is 1.70. The van der Waals surface area contributed by atoms with Gasteiger partial charge in [0.2, 0.25) is 5.89 Å². The van der Waals surface area contributed by atoms with Crippen molar-refractivity contribution >= 4 is 11.6 Å². The third-order valence-corrected chi connectivity index (χ3v) is 3.50. The van der Waals surface area contributed by atoms with Gasteiger partial charge in [0.05, 0.1) is 29.4 Å². The second-order valence-corrected chi connectivity index (χ2v) is 6.77. The maximum Gasteiger partial charge on any atom is 0.245 e. The second kappa shape index (κ2) is 6.40. The summed E-state index contributed by atoms with van der Waals surface area (Å²) >= 11 is 0. The van der Waals surface area contributed by atoms with Crippen LogP contribution in [0.3, 0.4) is 0 Å². The predicted octanol–water partition coefficient (Wildman–Crippen LogP) is 3.81. The van der Waals surface area contributed by atoms with Crippen LogP contribution >= 0.6 is 0 Å². The van der Waals surface area contributed by atoms with Crippen LogP contribution in [0.1, 0.15) is 32.2 Å². The second-order valence-electron chi connectivity index (χ2n) is 6.77. The summed E-state index contributed by atoms with van der Waals surface area (Å²) in [5.41, 5.74) is 1.98. The molecular formula is C18H20N6O. The monoisotopic (exact) mass is 336 g/mol. The quantitative estimate of drug-likeness (QED) is 0.779. The van der Waals surface area contributed by atoms with Gasteiger partial charge >= 0.3 is 0 Å². The minimum atomic E-state index is -0.150. The van der Waals surface area contributed by atoms with Crippen molar-refractivity contribution in [1.82, 2.24) is 19.7 Å². The molecule has 25 heavy (non-hydrogen) atoms. The number of rotatable bonds is 4. The number of nitrogens with zero attached hydrogens (tertiary/aromatic N) is 5. The lowest BCUT2D eigenvalue weighted by atomic mass is 10.1. The van der Waals surface area contributed by atoms with E-state index in [1.54, 1.807) is 0 Å². The Kier molecular flexibility index (Phi) is 4.28. The Balaban J connectivity index is 1.89. The van der Waals surface area contributed by atoms with E-state index in [1.165, 1.54) is 6.26 Å². The smallest absolute Gasteiger partial charge is 0.245 e. The summed E-state index contributed by atoms with van der Waals surface area (Å²) in [6, 6.07) is 9.60. The van der Waals surface area contributed by atoms with Gasteiger partial charge < -0.3 is 9.73 Å². The fraction of sp³-hybridized carbons (Fsp3) is 0.333. The lowest BCUT2D eigenvalue weighted by Gasteiger charge is -2.22. The molecule has 0 aromatic carbocycles. The van der Waals surface area contributed by atoms with Crippen molar-refractivity contribution in [2.75, 3.05) is 5.32 Å². The van der Waals surface area contributed by atoms with Crippen molar-refractivity contribution in [2.45, 2.75) is 39.7 Å². The third kappa shape index (κ3) is 3.69. The molecule has 0 aliphatic heterocycles. The van der Waals surface area contributed by atoms with Crippen molar-refractivity contribution in [3.05, 3.63) is 41.9 Å². The molecule has 128 valence electrons. The van der Waals surface area contributed by atoms with E-state index in [9.17, 15) is 0 Å². The molecule has 7 nitrogen and oxygen atoms in total. The first-order chi connectivity index (χ1) is 11.9. The minimum Gasteiger partial charge on any atom is -0.443 e. The lowest BCUT2D eigenvalue weighted by Crippen LogP contribution is -2.24. The summed E-state index contributed by atoms with van der Waals surface area (Å²) in [5.74, 6) is 1.93. The standard InChI is InChI=1S/C18H20N6O/c1-12-10-16(24(23-12)18(2,3)4)22-15-7-5-6-14(21-15)17-20-13(8-9-19)11-25-17/h5-7,10-11H,8H2,1-4H3,(H,21,22). The molecule has 0 saturated carbocycles. The highest BCUT2D eigenvalue weighted by atomic mass is 16.3. The number of nitriles is 1. The van der Waals surface area contributed by atoms with Crippen molar-refractivity contribution in [2.24, 2.45) is 0 Å². The molecule has 0 saturated heterocycles. The molecule has 0 atom stereocenters. The van der Waals surface area contributed by atoms with Gasteiger partial charge in [0, 0.05) is 6.07 Å². The van der Waals surface area contributed by atoms with E-state index in [1.807, 2.05) is 35.9 Å². The van der Waals surface area contributed by atoms with Crippen LogP contribution in [0.25, 0.3) is 11.6 Å². The first-order valence-electron chi connectivity index (χ1n) is 8.00. The molecule has 3 aromatic rings. The minimum absolute atomic E-state index is 0.150. The van der Waals surface area contributed by atoms with Crippen LogP contribution < -0.4 is 5.32 Å². The van der Waals surface area contributed by atoms with E-state index in [0.717, 1.165) is 11.5 Å². The largest absolute Gasteiger partial charge is 0.443 e. The summed E-state index contributed by atoms with van der Waals surface area (Å²) in [6.45, 7) is 8.24. The van der Waals surface area contributed by atoms with E-state index < -0.39 is 0 Å². The average molecular weight is 336 g/mol. The molecule has 3 aromatic heterocycles. The third-order valence-electron chi connectivity index (χ3n) is 3.50. The van der Waals surface area contributed by atoms with E-state index >= 15 is 0 Å². The number of aryl methyl sites for hydroxylation is 1. The van der Waals surface area contributed by atoms with Gasteiger partial charge in [-0.1, -0.05) is 6.07 Å². The van der Waals surface area contributed by atoms with Crippen molar-refractivity contribution in [3.8, 4) is 17.7 Å². The van der Waals surface area contributed by atoms with Gasteiger partial charge in [0.15, 0.2) is 0 Å². The maximum absolute atomic E-state index is 8.74. The van der Waals surface area contributed by atoms with E-state index in [-0.39, 0.29) is 12.0 Å². The summed E-state index contributed by atoms with van der Waals surface area (Å²) < 4.78 is 7.36. The molecule has 0 spiro atoms. The van der Waals surface area contributed by atoms with Crippen molar-refractivity contribution in [3.63, 3.8) is 0 Å². The zero-order valence-electron chi connectivity index (χ0n) is 14.7. The predicted molar refractivity (Wildman–Crippen MR) is 94.3 cm³/mol. The molecule has 0 bridgehead atoms. The fourth-order valence-corrected chi connectivity index (χ4v) is 2.44. The van der Waals surface area contributed by atoms with E-state index in [0.29, 0.717) is 23.1 Å². The van der Waals surface area contributed by atoms with Crippen molar-refractivity contribution < 1.29 is 4.42 Å². The first kappa shape index (κ1) is 16.7. The van der Waals surface area contributed by atoms with E-state index in [4.69, 9.17) is 9.68 Å². The molecule has 0 amide bonds. The van der Waals surface area contributed by atoms with Gasteiger partial charge in [-0.25, -0.2) is 14.6 Å². The maximum atomic E-state index is 8.74. The molecule has 3 rings (SSSR count). The Bertz CT molecular complexity index is 926. The molecule has 7 heteroatoms. The lowest BCUT2D eigenvalue weighted by molar-refractivity contribution is 0.359. The normalized spacial score (nSPS) is 11.3. The molecule has 0 fully saturated rings. The highest BCUT2D eigenvalue weighted by Crippen LogP contribution is 2.25. The Morgan fingerprint density at radius 2 is 2.08 bits per heavy atom. The van der Waals surface area contributed by atoms with Crippen LogP contribution in [0, 0.1) is 18.3 Å². The highest BCUT2D eigenvalue weighted by molar-refractivity contribution is 5.58. The zero-order chi connectivity index (χ0) is 18.0. The van der Waals surface area contributed by atoms with Gasteiger partial charge in [-0.3, -0.25) is 0 Å². The fourth-order valence-electron chi connectivity index (χ4n) is 2.44. The van der Waals surface area contributed by atoms with Crippen LogP contribution in [-0.2, 0) is 12.0 Å². The molecule has 0 aliphatic carbocycles. The summed E-state index contributed by atoms with van der Waals surface area (Å²) in [4.78, 5) is 8.84. The topological polar surface area (TPSA) is 92.6 Å². The van der Waals surface area contributed by atoms with Crippen molar-refractivity contribution in [1.29, 1.82) is 5.26 Å². The van der Waals surface area contributed by atoms with Gasteiger partial charge in [-0.15, -0.1) is 0 Å². The highest BCUT2D eigenvalue weighted by Gasteiger charge is 2.19. The van der Waals surface area contributed by atoms with Gasteiger partial charge in [0.25, 0.3) is 0 Å². The van der Waals surface area contributed by atoms with Crippen LogP contribution in [0.2, 0.25) is 0 Å². The molecule has 1 N–H and O–H groups in total. The Labute approximate surface area is 146 Å². The number of anilines is 2. The molecule has 3 heterocycles. The first-order valence-corrected chi connectivity index (χ1v) is 8.00. The number of oxazole rings is 1. The van der Waals surface area contributed by atoms with Crippen LogP contribution in [0.15, 0.2) is 34.9 Å². The summed E-state index contributed by atoms with van der Waals surface area (Å²) in [7, 11) is 0. The van der Waals surface area contributed by atoms with Crippen LogP contribution in [0.4, 0.5) is 11.6 Å².